The van der Waals surface area contributed by atoms with Crippen LogP contribution in [0.1, 0.15) is 18.5 Å². The van der Waals surface area contributed by atoms with Crippen molar-refractivity contribution in [1.29, 1.82) is 0 Å². The zero-order valence-electron chi connectivity index (χ0n) is 10.9. The van der Waals surface area contributed by atoms with E-state index < -0.39 is 0 Å². The summed E-state index contributed by atoms with van der Waals surface area (Å²) in [5, 5.41) is 0. The molecule has 2 aromatic rings. The summed E-state index contributed by atoms with van der Waals surface area (Å²) < 4.78 is 18.7. The summed E-state index contributed by atoms with van der Waals surface area (Å²) in [6.07, 6.45) is 0. The first kappa shape index (κ1) is 15.5. The molecule has 0 bridgehead atoms. The summed E-state index contributed by atoms with van der Waals surface area (Å²) in [7, 11) is 1.47. The van der Waals surface area contributed by atoms with Gasteiger partial charge >= 0.3 is 0 Å². The molecule has 0 aromatic heterocycles. The van der Waals surface area contributed by atoms with Crippen molar-refractivity contribution in [3.63, 3.8) is 0 Å². The van der Waals surface area contributed by atoms with Gasteiger partial charge in [-0.05, 0) is 24.1 Å². The highest BCUT2D eigenvalue weighted by Gasteiger charge is 2.10. The lowest BCUT2D eigenvalue weighted by Gasteiger charge is -2.11. The number of hydrogen-bond donors (Lipinski definition) is 1. The highest BCUT2D eigenvalue weighted by atomic mass is 35.5. The number of para-hydroxylation sites is 1. The molecule has 0 aliphatic heterocycles. The van der Waals surface area contributed by atoms with Gasteiger partial charge in [0.15, 0.2) is 11.6 Å². The summed E-state index contributed by atoms with van der Waals surface area (Å²) in [6.45, 7) is 1.93. The SMILES string of the molecule is COc1c(F)cccc1-c1ccc(C(C)N)cc1.Cl. The first-order valence-corrected chi connectivity index (χ1v) is 5.82. The Morgan fingerprint density at radius 2 is 1.74 bits per heavy atom. The van der Waals surface area contributed by atoms with Gasteiger partial charge in [0.25, 0.3) is 0 Å². The zero-order valence-corrected chi connectivity index (χ0v) is 11.7. The molecule has 0 aliphatic rings. The van der Waals surface area contributed by atoms with E-state index in [1.165, 1.54) is 13.2 Å². The predicted molar refractivity (Wildman–Crippen MR) is 78.2 cm³/mol. The smallest absolute Gasteiger partial charge is 0.165 e. The van der Waals surface area contributed by atoms with E-state index in [9.17, 15) is 4.39 Å². The Bertz CT molecular complexity index is 540. The molecule has 0 aliphatic carbocycles. The van der Waals surface area contributed by atoms with Crippen molar-refractivity contribution in [2.45, 2.75) is 13.0 Å². The molecular weight excluding hydrogens is 265 g/mol. The summed E-state index contributed by atoms with van der Waals surface area (Å²) in [5.41, 5.74) is 8.50. The van der Waals surface area contributed by atoms with Gasteiger partial charge in [-0.3, -0.25) is 0 Å². The van der Waals surface area contributed by atoms with Crippen LogP contribution in [0.25, 0.3) is 11.1 Å². The predicted octanol–water partition coefficient (Wildman–Crippen LogP) is 3.94. The van der Waals surface area contributed by atoms with Gasteiger partial charge < -0.3 is 10.5 Å². The average molecular weight is 282 g/mol. The van der Waals surface area contributed by atoms with Crippen LogP contribution in [0, 0.1) is 5.82 Å². The van der Waals surface area contributed by atoms with E-state index in [4.69, 9.17) is 10.5 Å². The van der Waals surface area contributed by atoms with Crippen molar-refractivity contribution in [1.82, 2.24) is 0 Å². The summed E-state index contributed by atoms with van der Waals surface area (Å²) >= 11 is 0. The van der Waals surface area contributed by atoms with Crippen LogP contribution in [-0.2, 0) is 0 Å². The van der Waals surface area contributed by atoms with Crippen molar-refractivity contribution >= 4 is 12.4 Å². The summed E-state index contributed by atoms with van der Waals surface area (Å²) in [5.74, 6) is -0.0858. The minimum atomic E-state index is -0.355. The second-order valence-corrected chi connectivity index (χ2v) is 4.23. The molecule has 2 rings (SSSR count). The topological polar surface area (TPSA) is 35.2 Å². The van der Waals surface area contributed by atoms with Crippen molar-refractivity contribution in [2.24, 2.45) is 5.73 Å². The molecular formula is C15H17ClFNO. The molecule has 0 fully saturated rings. The number of nitrogens with two attached hydrogens (primary N) is 1. The van der Waals surface area contributed by atoms with Crippen LogP contribution in [0.4, 0.5) is 4.39 Å². The van der Waals surface area contributed by atoms with E-state index in [0.29, 0.717) is 0 Å². The highest BCUT2D eigenvalue weighted by molar-refractivity contribution is 5.85. The number of benzene rings is 2. The van der Waals surface area contributed by atoms with Crippen LogP contribution in [0.15, 0.2) is 42.5 Å². The average Bonchev–Trinajstić information content (AvgIpc) is 2.38. The fourth-order valence-corrected chi connectivity index (χ4v) is 1.91. The van der Waals surface area contributed by atoms with Crippen molar-refractivity contribution in [3.05, 3.63) is 53.8 Å². The molecule has 0 spiro atoms. The number of methoxy groups -OCH3 is 1. The Kier molecular flexibility index (Phi) is 5.33. The van der Waals surface area contributed by atoms with E-state index in [1.807, 2.05) is 37.3 Å². The van der Waals surface area contributed by atoms with Crippen LogP contribution in [0.2, 0.25) is 0 Å². The second kappa shape index (κ2) is 6.55. The maximum Gasteiger partial charge on any atom is 0.165 e. The zero-order chi connectivity index (χ0) is 13.1. The Morgan fingerprint density at radius 3 is 2.26 bits per heavy atom. The van der Waals surface area contributed by atoms with Gasteiger partial charge in [0.1, 0.15) is 0 Å². The lowest BCUT2D eigenvalue weighted by molar-refractivity contribution is 0.388. The third-order valence-electron chi connectivity index (χ3n) is 2.92. The first-order chi connectivity index (χ1) is 8.63. The Hall–Kier alpha value is -1.58. The number of hydrogen-bond acceptors (Lipinski definition) is 2. The molecule has 0 radical (unpaired) electrons. The Balaban J connectivity index is 0.00000180. The molecule has 1 unspecified atom stereocenters. The lowest BCUT2D eigenvalue weighted by Crippen LogP contribution is -2.04. The van der Waals surface area contributed by atoms with Gasteiger partial charge in [0.05, 0.1) is 7.11 Å². The lowest BCUT2D eigenvalue weighted by atomic mass is 10.0. The number of ether oxygens (including phenoxy) is 1. The minimum absolute atomic E-state index is 0. The van der Waals surface area contributed by atoms with E-state index in [1.54, 1.807) is 6.07 Å². The standard InChI is InChI=1S/C15H16FNO.ClH/c1-10(17)11-6-8-12(9-7-11)13-4-3-5-14(16)15(13)18-2;/h3-10H,17H2,1-2H3;1H. The maximum atomic E-state index is 13.6. The summed E-state index contributed by atoms with van der Waals surface area (Å²) in [6, 6.07) is 12.6. The van der Waals surface area contributed by atoms with E-state index >= 15 is 0 Å². The number of halogens is 2. The molecule has 19 heavy (non-hydrogen) atoms. The molecule has 2 nitrogen and oxygen atoms in total. The van der Waals surface area contributed by atoms with Gasteiger partial charge in [0, 0.05) is 11.6 Å². The highest BCUT2D eigenvalue weighted by Crippen LogP contribution is 2.32. The van der Waals surface area contributed by atoms with Crippen LogP contribution < -0.4 is 10.5 Å². The van der Waals surface area contributed by atoms with Crippen LogP contribution in [-0.4, -0.2) is 7.11 Å². The molecule has 0 saturated heterocycles. The quantitative estimate of drug-likeness (QED) is 0.925. The van der Waals surface area contributed by atoms with Gasteiger partial charge in [0.2, 0.25) is 0 Å². The van der Waals surface area contributed by atoms with Crippen LogP contribution in [0.5, 0.6) is 5.75 Å². The number of rotatable bonds is 3. The van der Waals surface area contributed by atoms with E-state index in [-0.39, 0.29) is 30.0 Å². The van der Waals surface area contributed by atoms with Gasteiger partial charge in [-0.2, -0.15) is 0 Å². The normalized spacial score (nSPS) is 11.6. The maximum absolute atomic E-state index is 13.6. The first-order valence-electron chi connectivity index (χ1n) is 5.82. The molecule has 0 heterocycles. The third kappa shape index (κ3) is 3.25. The monoisotopic (exact) mass is 281 g/mol. The second-order valence-electron chi connectivity index (χ2n) is 4.23. The largest absolute Gasteiger partial charge is 0.493 e. The Morgan fingerprint density at radius 1 is 1.11 bits per heavy atom. The van der Waals surface area contributed by atoms with Crippen molar-refractivity contribution in [2.75, 3.05) is 7.11 Å². The Labute approximate surface area is 118 Å². The molecule has 2 aromatic carbocycles. The minimum Gasteiger partial charge on any atom is -0.493 e. The van der Waals surface area contributed by atoms with Crippen LogP contribution >= 0.6 is 12.4 Å². The van der Waals surface area contributed by atoms with Crippen LogP contribution in [0.3, 0.4) is 0 Å². The molecule has 102 valence electrons. The van der Waals surface area contributed by atoms with E-state index in [2.05, 4.69) is 0 Å². The van der Waals surface area contributed by atoms with Crippen molar-refractivity contribution < 1.29 is 9.13 Å². The molecule has 2 N–H and O–H groups in total. The third-order valence-corrected chi connectivity index (χ3v) is 2.92. The van der Waals surface area contributed by atoms with E-state index in [0.717, 1.165) is 16.7 Å². The fourth-order valence-electron chi connectivity index (χ4n) is 1.91. The molecule has 4 heteroatoms. The summed E-state index contributed by atoms with van der Waals surface area (Å²) in [4.78, 5) is 0. The molecule has 0 saturated carbocycles. The molecule has 1 atom stereocenters. The van der Waals surface area contributed by atoms with Gasteiger partial charge in [-0.25, -0.2) is 4.39 Å². The van der Waals surface area contributed by atoms with Gasteiger partial charge in [-0.15, -0.1) is 12.4 Å². The van der Waals surface area contributed by atoms with Crippen molar-refractivity contribution in [3.8, 4) is 16.9 Å². The molecule has 0 amide bonds. The fraction of sp³-hybridized carbons (Fsp3) is 0.200. The van der Waals surface area contributed by atoms with Gasteiger partial charge in [-0.1, -0.05) is 36.4 Å².